The highest BCUT2D eigenvalue weighted by Crippen LogP contribution is 2.20. The van der Waals surface area contributed by atoms with Gasteiger partial charge in [0, 0.05) is 13.7 Å². The van der Waals surface area contributed by atoms with Crippen LogP contribution in [-0.4, -0.2) is 38.1 Å². The van der Waals surface area contributed by atoms with Gasteiger partial charge in [-0.1, -0.05) is 42.5 Å². The van der Waals surface area contributed by atoms with Gasteiger partial charge in [-0.25, -0.2) is 0 Å². The molecule has 1 unspecified atom stereocenters. The second-order valence-corrected chi connectivity index (χ2v) is 4.89. The number of methoxy groups -OCH3 is 1. The van der Waals surface area contributed by atoms with E-state index in [1.54, 1.807) is 7.11 Å². The lowest BCUT2D eigenvalue weighted by Crippen LogP contribution is -2.15. The lowest BCUT2D eigenvalue weighted by atomic mass is 9.99. The Bertz CT molecular complexity index is 519. The average Bonchev–Trinajstić information content (AvgIpc) is 2.47. The van der Waals surface area contributed by atoms with E-state index in [9.17, 15) is 5.11 Å². The summed E-state index contributed by atoms with van der Waals surface area (Å²) in [5.41, 5.74) is 1.19. The molecule has 1 N–H and O–H groups in total. The Morgan fingerprint density at radius 3 is 2.65 bits per heavy atom. The van der Waals surface area contributed by atoms with Gasteiger partial charge < -0.3 is 14.6 Å². The minimum absolute atomic E-state index is 0.372. The van der Waals surface area contributed by atoms with Crippen LogP contribution in [-0.2, 0) is 15.9 Å². The highest BCUT2D eigenvalue weighted by Gasteiger charge is 2.08. The van der Waals surface area contributed by atoms with E-state index in [1.165, 1.54) is 16.3 Å². The summed E-state index contributed by atoms with van der Waals surface area (Å²) in [6.45, 7) is 1.74. The van der Waals surface area contributed by atoms with Gasteiger partial charge in [-0.05, 0) is 29.2 Å². The third-order valence-electron chi connectivity index (χ3n) is 3.36. The van der Waals surface area contributed by atoms with Gasteiger partial charge in [0.1, 0.15) is 0 Å². The number of hydrogen-bond donors (Lipinski definition) is 1. The van der Waals surface area contributed by atoms with Crippen LogP contribution in [0, 0.1) is 0 Å². The molecule has 2 aromatic rings. The molecule has 0 saturated carbocycles. The molecule has 0 amide bonds. The average molecular weight is 274 g/mol. The third kappa shape index (κ3) is 4.30. The van der Waals surface area contributed by atoms with Crippen LogP contribution in [0.15, 0.2) is 42.5 Å². The molecule has 3 nitrogen and oxygen atoms in total. The van der Waals surface area contributed by atoms with Gasteiger partial charge in [-0.3, -0.25) is 0 Å². The van der Waals surface area contributed by atoms with Gasteiger partial charge in [0.25, 0.3) is 0 Å². The highest BCUT2D eigenvalue weighted by atomic mass is 16.5. The van der Waals surface area contributed by atoms with Crippen molar-refractivity contribution in [2.75, 3.05) is 26.9 Å². The number of aliphatic hydroxyl groups excluding tert-OH is 1. The molecule has 0 aliphatic carbocycles. The minimum Gasteiger partial charge on any atom is -0.393 e. The van der Waals surface area contributed by atoms with Crippen molar-refractivity contribution in [2.45, 2.75) is 18.9 Å². The second kappa shape index (κ2) is 8.00. The smallest absolute Gasteiger partial charge is 0.0700 e. The Morgan fingerprint density at radius 2 is 1.80 bits per heavy atom. The lowest BCUT2D eigenvalue weighted by molar-refractivity contribution is 0.0479. The fourth-order valence-electron chi connectivity index (χ4n) is 2.29. The Hall–Kier alpha value is -1.42. The normalized spacial score (nSPS) is 12.7. The van der Waals surface area contributed by atoms with Gasteiger partial charge in [-0.15, -0.1) is 0 Å². The molecule has 3 heteroatoms. The zero-order valence-electron chi connectivity index (χ0n) is 11.9. The molecule has 0 aliphatic heterocycles. The van der Waals surface area contributed by atoms with Crippen LogP contribution in [0.1, 0.15) is 12.0 Å². The van der Waals surface area contributed by atoms with Gasteiger partial charge >= 0.3 is 0 Å². The molecule has 108 valence electrons. The topological polar surface area (TPSA) is 38.7 Å². The van der Waals surface area contributed by atoms with Crippen molar-refractivity contribution in [3.8, 4) is 0 Å². The lowest BCUT2D eigenvalue weighted by Gasteiger charge is -2.13. The Kier molecular flexibility index (Phi) is 5.99. The maximum atomic E-state index is 10.1. The van der Waals surface area contributed by atoms with Gasteiger partial charge in [-0.2, -0.15) is 0 Å². The predicted molar refractivity (Wildman–Crippen MR) is 81.0 cm³/mol. The summed E-state index contributed by atoms with van der Waals surface area (Å²) in [6, 6.07) is 14.5. The molecule has 0 fully saturated rings. The highest BCUT2D eigenvalue weighted by molar-refractivity contribution is 5.85. The van der Waals surface area contributed by atoms with Crippen LogP contribution in [0.2, 0.25) is 0 Å². The summed E-state index contributed by atoms with van der Waals surface area (Å²) >= 11 is 0. The first-order chi connectivity index (χ1) is 9.81. The first-order valence-electron chi connectivity index (χ1n) is 7.02. The molecular weight excluding hydrogens is 252 g/mol. The number of benzene rings is 2. The summed E-state index contributed by atoms with van der Waals surface area (Å²) in [7, 11) is 1.65. The molecule has 2 rings (SSSR count). The summed E-state index contributed by atoms with van der Waals surface area (Å²) < 4.78 is 10.3. The van der Waals surface area contributed by atoms with Crippen molar-refractivity contribution in [1.29, 1.82) is 0 Å². The summed E-state index contributed by atoms with van der Waals surface area (Å²) in [4.78, 5) is 0. The van der Waals surface area contributed by atoms with Gasteiger partial charge in [0.05, 0.1) is 19.3 Å². The monoisotopic (exact) mass is 274 g/mol. The number of hydrogen-bond acceptors (Lipinski definition) is 3. The van der Waals surface area contributed by atoms with Crippen molar-refractivity contribution in [1.82, 2.24) is 0 Å². The first-order valence-corrected chi connectivity index (χ1v) is 7.02. The SMILES string of the molecule is COCCOCCC(O)Cc1cccc2ccccc12. The third-order valence-corrected chi connectivity index (χ3v) is 3.36. The molecule has 0 spiro atoms. The predicted octanol–water partition coefficient (Wildman–Crippen LogP) is 2.80. The largest absolute Gasteiger partial charge is 0.393 e. The maximum Gasteiger partial charge on any atom is 0.0700 e. The molecular formula is C17H22O3. The van der Waals surface area contributed by atoms with Crippen molar-refractivity contribution < 1.29 is 14.6 Å². The molecule has 20 heavy (non-hydrogen) atoms. The Labute approximate surface area is 120 Å². The Balaban J connectivity index is 1.88. The van der Waals surface area contributed by atoms with E-state index < -0.39 is 0 Å². The minimum atomic E-state index is -0.372. The number of ether oxygens (including phenoxy) is 2. The van der Waals surface area contributed by atoms with Crippen LogP contribution >= 0.6 is 0 Å². The van der Waals surface area contributed by atoms with Crippen LogP contribution in [0.5, 0.6) is 0 Å². The molecule has 2 aromatic carbocycles. The van der Waals surface area contributed by atoms with E-state index in [0.29, 0.717) is 32.7 Å². The quantitative estimate of drug-likeness (QED) is 0.752. The van der Waals surface area contributed by atoms with E-state index in [0.717, 1.165) is 0 Å². The van der Waals surface area contributed by atoms with Crippen LogP contribution in [0.25, 0.3) is 10.8 Å². The second-order valence-electron chi connectivity index (χ2n) is 4.89. The van der Waals surface area contributed by atoms with E-state index in [4.69, 9.17) is 9.47 Å². The fraction of sp³-hybridized carbons (Fsp3) is 0.412. The van der Waals surface area contributed by atoms with Gasteiger partial charge in [0.2, 0.25) is 0 Å². The zero-order valence-corrected chi connectivity index (χ0v) is 11.9. The molecule has 0 radical (unpaired) electrons. The van der Waals surface area contributed by atoms with Crippen molar-refractivity contribution in [3.63, 3.8) is 0 Å². The summed E-state index contributed by atoms with van der Waals surface area (Å²) in [5, 5.41) is 12.5. The summed E-state index contributed by atoms with van der Waals surface area (Å²) in [6.07, 6.45) is 0.936. The standard InChI is InChI=1S/C17H22O3/c1-19-11-12-20-10-9-16(18)13-15-7-4-6-14-5-2-3-8-17(14)15/h2-8,16,18H,9-13H2,1H3. The molecule has 0 aliphatic rings. The van der Waals surface area contributed by atoms with E-state index in [1.807, 2.05) is 18.2 Å². The number of rotatable bonds is 8. The van der Waals surface area contributed by atoms with Crippen molar-refractivity contribution >= 4 is 10.8 Å². The maximum absolute atomic E-state index is 10.1. The molecule has 0 saturated heterocycles. The van der Waals surface area contributed by atoms with E-state index in [2.05, 4.69) is 24.3 Å². The number of aliphatic hydroxyl groups is 1. The molecule has 0 bridgehead atoms. The molecule has 1 atom stereocenters. The number of fused-ring (bicyclic) bond motifs is 1. The summed E-state index contributed by atoms with van der Waals surface area (Å²) in [5.74, 6) is 0. The van der Waals surface area contributed by atoms with E-state index in [-0.39, 0.29) is 6.10 Å². The van der Waals surface area contributed by atoms with Crippen molar-refractivity contribution in [2.24, 2.45) is 0 Å². The molecule has 0 heterocycles. The zero-order chi connectivity index (χ0) is 14.2. The van der Waals surface area contributed by atoms with Crippen LogP contribution in [0.3, 0.4) is 0 Å². The van der Waals surface area contributed by atoms with E-state index >= 15 is 0 Å². The fourth-order valence-corrected chi connectivity index (χ4v) is 2.29. The first kappa shape index (κ1) is 15.0. The Morgan fingerprint density at radius 1 is 1.00 bits per heavy atom. The molecule has 0 aromatic heterocycles. The van der Waals surface area contributed by atoms with Crippen LogP contribution in [0.4, 0.5) is 0 Å². The van der Waals surface area contributed by atoms with Crippen molar-refractivity contribution in [3.05, 3.63) is 48.0 Å². The van der Waals surface area contributed by atoms with Crippen LogP contribution < -0.4 is 0 Å². The van der Waals surface area contributed by atoms with Gasteiger partial charge in [0.15, 0.2) is 0 Å².